The molecule has 0 saturated heterocycles. The molecule has 2 aliphatic rings. The number of hydrogen-bond donors (Lipinski definition) is 1. The average Bonchev–Trinajstić information content (AvgIpc) is 2.54. The van der Waals surface area contributed by atoms with Crippen LogP contribution in [0.2, 0.25) is 0 Å². The number of carbonyl (C=O) groups is 1. The molecule has 124 valence electrons. The van der Waals surface area contributed by atoms with Gasteiger partial charge in [0, 0.05) is 5.56 Å². The van der Waals surface area contributed by atoms with Gasteiger partial charge in [0.25, 0.3) is 0 Å². The molecule has 2 bridgehead atoms. The molecular weight excluding hydrogens is 300 g/mol. The lowest BCUT2D eigenvalue weighted by molar-refractivity contribution is -0.133. The summed E-state index contributed by atoms with van der Waals surface area (Å²) in [6.45, 7) is 5.62. The summed E-state index contributed by atoms with van der Waals surface area (Å²) < 4.78 is 4.69. The summed E-state index contributed by atoms with van der Waals surface area (Å²) in [7, 11) is 2.74. The zero-order chi connectivity index (χ0) is 17.1. The monoisotopic (exact) mass is 320 g/mol. The first-order chi connectivity index (χ1) is 10.9. The van der Waals surface area contributed by atoms with Crippen molar-refractivity contribution in [3.05, 3.63) is 29.5 Å². The van der Waals surface area contributed by atoms with Gasteiger partial charge < -0.3 is 19.5 Å². The van der Waals surface area contributed by atoms with Gasteiger partial charge in [-0.15, -0.1) is 0 Å². The molecule has 3 rings (SSSR count). The van der Waals surface area contributed by atoms with Gasteiger partial charge in [-0.2, -0.15) is 0 Å². The van der Waals surface area contributed by atoms with Crippen LogP contribution >= 0.6 is 0 Å². The second-order valence-corrected chi connectivity index (χ2v) is 5.18. The maximum atomic E-state index is 11.8. The molecule has 0 saturated carbocycles. The minimum absolute atomic E-state index is 0.0435. The lowest BCUT2D eigenvalue weighted by Crippen LogP contribution is -2.43. The summed E-state index contributed by atoms with van der Waals surface area (Å²) >= 11 is 0. The number of hydroxylamine groups is 1. The van der Waals surface area contributed by atoms with E-state index in [9.17, 15) is 9.90 Å². The molecule has 0 aromatic heterocycles. The molecule has 2 aliphatic heterocycles. The lowest BCUT2D eigenvalue weighted by Gasteiger charge is -2.36. The first-order valence-electron chi connectivity index (χ1n) is 7.07. The van der Waals surface area contributed by atoms with E-state index in [1.54, 1.807) is 11.1 Å². The van der Waals surface area contributed by atoms with Crippen LogP contribution in [0.4, 0.5) is 5.69 Å². The van der Waals surface area contributed by atoms with Gasteiger partial charge in [-0.3, -0.25) is 0 Å². The second-order valence-electron chi connectivity index (χ2n) is 5.18. The highest BCUT2D eigenvalue weighted by Crippen LogP contribution is 2.40. The normalized spacial score (nSPS) is 15.3. The van der Waals surface area contributed by atoms with Crippen molar-refractivity contribution in [1.82, 2.24) is 0 Å². The standard InChI is InChI=1S/C16H20N2O5/c1-9-6-12-7-13(14(8-19)16(20)21-4)15(9)23-18(12)11(3)10(2)17-22-5/h6-8,11,19H,1-5H3. The number of nitrogens with zero attached hydrogens (tertiary/aromatic N) is 2. The van der Waals surface area contributed by atoms with Gasteiger partial charge in [-0.05, 0) is 38.5 Å². The number of carbonyl (C=O) groups excluding carboxylic acids is 1. The van der Waals surface area contributed by atoms with E-state index in [0.717, 1.165) is 23.2 Å². The summed E-state index contributed by atoms with van der Waals surface area (Å²) in [4.78, 5) is 22.5. The van der Waals surface area contributed by atoms with E-state index in [-0.39, 0.29) is 11.6 Å². The Balaban J connectivity index is 2.44. The number of benzene rings is 1. The highest BCUT2D eigenvalue weighted by Gasteiger charge is 2.31. The third kappa shape index (κ3) is 2.94. The molecule has 0 spiro atoms. The Kier molecular flexibility index (Phi) is 4.78. The van der Waals surface area contributed by atoms with Crippen LogP contribution in [0.5, 0.6) is 5.75 Å². The Labute approximate surface area is 134 Å². The van der Waals surface area contributed by atoms with E-state index >= 15 is 0 Å². The molecule has 0 fully saturated rings. The fourth-order valence-electron chi connectivity index (χ4n) is 2.39. The number of ether oxygens (including phenoxy) is 1. The molecule has 1 atom stereocenters. The Morgan fingerprint density at radius 1 is 1.43 bits per heavy atom. The fraction of sp³-hybridized carbons (Fsp3) is 0.375. The number of aliphatic hydroxyl groups excluding tert-OH is 1. The second kappa shape index (κ2) is 6.60. The highest BCUT2D eigenvalue weighted by molar-refractivity contribution is 6.17. The molecule has 0 amide bonds. The number of esters is 1. The van der Waals surface area contributed by atoms with Gasteiger partial charge in [0.1, 0.15) is 18.7 Å². The Bertz CT molecular complexity index is 681. The van der Waals surface area contributed by atoms with E-state index in [2.05, 4.69) is 9.89 Å². The minimum atomic E-state index is -0.632. The number of oxime groups is 1. The minimum Gasteiger partial charge on any atom is -0.515 e. The van der Waals surface area contributed by atoms with Crippen molar-refractivity contribution < 1.29 is 24.3 Å². The van der Waals surface area contributed by atoms with Crippen LogP contribution in [0.25, 0.3) is 5.57 Å². The molecule has 7 heteroatoms. The molecule has 0 aliphatic carbocycles. The smallest absolute Gasteiger partial charge is 0.341 e. The lowest BCUT2D eigenvalue weighted by atomic mass is 9.99. The molecule has 0 radical (unpaired) electrons. The van der Waals surface area contributed by atoms with Crippen LogP contribution in [0.3, 0.4) is 0 Å². The number of aliphatic hydroxyl groups is 1. The van der Waals surface area contributed by atoms with Gasteiger partial charge in [0.05, 0.1) is 24.8 Å². The third-order valence-electron chi connectivity index (χ3n) is 3.72. The van der Waals surface area contributed by atoms with Crippen molar-refractivity contribution in [2.45, 2.75) is 26.8 Å². The molecule has 1 unspecified atom stereocenters. The van der Waals surface area contributed by atoms with Crippen molar-refractivity contribution in [2.24, 2.45) is 5.16 Å². The van der Waals surface area contributed by atoms with Crippen LogP contribution in [0.1, 0.15) is 25.0 Å². The number of anilines is 1. The number of methoxy groups -OCH3 is 1. The zero-order valence-corrected chi connectivity index (χ0v) is 13.8. The molecule has 1 aromatic rings. The highest BCUT2D eigenvalue weighted by atomic mass is 16.7. The van der Waals surface area contributed by atoms with Crippen molar-refractivity contribution >= 4 is 22.9 Å². The Morgan fingerprint density at radius 2 is 2.13 bits per heavy atom. The van der Waals surface area contributed by atoms with Crippen LogP contribution in [-0.2, 0) is 14.4 Å². The van der Waals surface area contributed by atoms with Gasteiger partial charge in [0.15, 0.2) is 5.75 Å². The predicted molar refractivity (Wildman–Crippen MR) is 86.5 cm³/mol. The van der Waals surface area contributed by atoms with Crippen LogP contribution in [-0.4, -0.2) is 37.0 Å². The van der Waals surface area contributed by atoms with E-state index in [0.29, 0.717) is 11.3 Å². The third-order valence-corrected chi connectivity index (χ3v) is 3.72. The van der Waals surface area contributed by atoms with Gasteiger partial charge in [-0.25, -0.2) is 9.86 Å². The first-order valence-corrected chi connectivity index (χ1v) is 7.07. The van der Waals surface area contributed by atoms with Crippen LogP contribution < -0.4 is 9.90 Å². The van der Waals surface area contributed by atoms with Crippen LogP contribution in [0.15, 0.2) is 23.6 Å². The Hall–Kier alpha value is -2.70. The quantitative estimate of drug-likeness (QED) is 0.295. The summed E-state index contributed by atoms with van der Waals surface area (Å²) in [5, 5.41) is 15.0. The topological polar surface area (TPSA) is 80.6 Å². The molecule has 23 heavy (non-hydrogen) atoms. The van der Waals surface area contributed by atoms with Gasteiger partial charge in [-0.1, -0.05) is 5.16 Å². The van der Waals surface area contributed by atoms with E-state index in [1.165, 1.54) is 14.2 Å². The molecule has 1 aromatic carbocycles. The molecule has 2 heterocycles. The molecular formula is C16H20N2O5. The summed E-state index contributed by atoms with van der Waals surface area (Å²) in [5.74, 6) is -0.143. The van der Waals surface area contributed by atoms with Gasteiger partial charge >= 0.3 is 5.97 Å². The Morgan fingerprint density at radius 3 is 2.65 bits per heavy atom. The maximum Gasteiger partial charge on any atom is 0.341 e. The van der Waals surface area contributed by atoms with E-state index in [1.807, 2.05) is 26.8 Å². The van der Waals surface area contributed by atoms with Crippen molar-refractivity contribution in [2.75, 3.05) is 19.3 Å². The first kappa shape index (κ1) is 16.7. The van der Waals surface area contributed by atoms with Crippen LogP contribution in [0, 0.1) is 6.92 Å². The molecule has 7 nitrogen and oxygen atoms in total. The summed E-state index contributed by atoms with van der Waals surface area (Å²) in [6, 6.07) is 3.54. The summed E-state index contributed by atoms with van der Waals surface area (Å²) in [6.07, 6.45) is 0.730. The SMILES string of the molecule is CON=C(C)C(C)N1Oc2c(C)cc1cc2C(=CO)C(=O)OC. The van der Waals surface area contributed by atoms with Crippen molar-refractivity contribution in [3.63, 3.8) is 0 Å². The fourth-order valence-corrected chi connectivity index (χ4v) is 2.39. The average molecular weight is 320 g/mol. The number of rotatable bonds is 5. The van der Waals surface area contributed by atoms with Crippen molar-refractivity contribution in [1.29, 1.82) is 0 Å². The number of aryl methyl sites for hydroxylation is 1. The predicted octanol–water partition coefficient (Wildman–Crippen LogP) is 2.59. The van der Waals surface area contributed by atoms with Gasteiger partial charge in [0.2, 0.25) is 0 Å². The maximum absolute atomic E-state index is 11.8. The largest absolute Gasteiger partial charge is 0.515 e. The number of hydrogen-bond acceptors (Lipinski definition) is 7. The zero-order valence-electron chi connectivity index (χ0n) is 13.8. The van der Waals surface area contributed by atoms with Crippen molar-refractivity contribution in [3.8, 4) is 5.75 Å². The number of fused-ring (bicyclic) bond motifs is 3. The molecule has 1 N–H and O–H groups in total. The summed E-state index contributed by atoms with van der Waals surface area (Å²) in [5.41, 5.74) is 2.86. The van der Waals surface area contributed by atoms with E-state index < -0.39 is 5.97 Å². The van der Waals surface area contributed by atoms with E-state index in [4.69, 9.17) is 9.68 Å².